The van der Waals surface area contributed by atoms with Gasteiger partial charge in [-0.05, 0) is 47.5 Å². The average molecular weight is 594 g/mol. The van der Waals surface area contributed by atoms with Gasteiger partial charge in [-0.1, -0.05) is 115 Å². The number of pyridine rings is 1. The summed E-state index contributed by atoms with van der Waals surface area (Å²) in [6, 6.07) is 51.6. The number of nitrogens with one attached hydrogen (secondary N) is 2. The molecule has 0 bridgehead atoms. The predicted octanol–water partition coefficient (Wildman–Crippen LogP) is 9.58. The van der Waals surface area contributed by atoms with E-state index in [9.17, 15) is 0 Å². The minimum absolute atomic E-state index is 0.00204. The van der Waals surface area contributed by atoms with Crippen LogP contribution in [-0.2, 0) is 0 Å². The molecule has 0 saturated heterocycles. The van der Waals surface area contributed by atoms with Crippen molar-refractivity contribution in [2.24, 2.45) is 0 Å². The highest BCUT2D eigenvalue weighted by atomic mass is 15.3. The summed E-state index contributed by atoms with van der Waals surface area (Å²) < 4.78 is 2.44. The van der Waals surface area contributed by atoms with Crippen LogP contribution in [0.2, 0.25) is 0 Å². The number of aromatic nitrogens is 2. The van der Waals surface area contributed by atoms with Crippen LogP contribution in [0.1, 0.15) is 23.3 Å². The van der Waals surface area contributed by atoms with Gasteiger partial charge in [0.25, 0.3) is 0 Å². The van der Waals surface area contributed by atoms with E-state index in [0.717, 1.165) is 45.2 Å². The number of rotatable bonds is 4. The van der Waals surface area contributed by atoms with Gasteiger partial charge in [0.05, 0.1) is 34.8 Å². The van der Waals surface area contributed by atoms with Crippen molar-refractivity contribution in [3.8, 4) is 22.4 Å². The van der Waals surface area contributed by atoms with Crippen molar-refractivity contribution in [3.63, 3.8) is 0 Å². The zero-order valence-electron chi connectivity index (χ0n) is 25.1. The Bertz CT molecular complexity index is 2220. The summed E-state index contributed by atoms with van der Waals surface area (Å²) in [5, 5.41) is 8.98. The Morgan fingerprint density at radius 2 is 1.26 bits per heavy atom. The molecule has 7 aromatic rings. The van der Waals surface area contributed by atoms with E-state index in [0.29, 0.717) is 0 Å². The van der Waals surface area contributed by atoms with Crippen LogP contribution in [0, 0.1) is 0 Å². The molecule has 2 atom stereocenters. The molecule has 2 aliphatic heterocycles. The normalized spacial score (nSPS) is 16.9. The first-order valence-electron chi connectivity index (χ1n) is 15.7. The predicted molar refractivity (Wildman–Crippen MR) is 188 cm³/mol. The van der Waals surface area contributed by atoms with Gasteiger partial charge in [-0.25, -0.2) is 0 Å². The van der Waals surface area contributed by atoms with Gasteiger partial charge in [0.15, 0.2) is 0 Å². The number of para-hydroxylation sites is 3. The largest absolute Gasteiger partial charge is 0.352 e. The fraction of sp³-hybridized carbons (Fsp3) is 0.0488. The fourth-order valence-corrected chi connectivity index (χ4v) is 7.09. The topological polar surface area (TPSA) is 45.1 Å². The van der Waals surface area contributed by atoms with Crippen molar-refractivity contribution in [1.29, 1.82) is 0 Å². The van der Waals surface area contributed by atoms with Crippen molar-refractivity contribution in [2.75, 3.05) is 4.90 Å². The molecule has 5 nitrogen and oxygen atoms in total. The highest BCUT2D eigenvalue weighted by Crippen LogP contribution is 2.54. The number of benzene rings is 5. The first-order chi connectivity index (χ1) is 22.8. The first-order valence-corrected chi connectivity index (χ1v) is 15.7. The summed E-state index contributed by atoms with van der Waals surface area (Å²) in [5.74, 6) is 1.04. The third-order valence-electron chi connectivity index (χ3n) is 9.09. The first kappa shape index (κ1) is 26.5. The lowest BCUT2D eigenvalue weighted by atomic mass is 9.99. The maximum atomic E-state index is 4.64. The number of hydrogen-bond donors (Lipinski definition) is 2. The Hall–Kier alpha value is -5.91. The Balaban J connectivity index is 1.36. The summed E-state index contributed by atoms with van der Waals surface area (Å²) in [5.41, 5.74) is 11.5. The summed E-state index contributed by atoms with van der Waals surface area (Å²) in [7, 11) is 0. The molecule has 46 heavy (non-hydrogen) atoms. The van der Waals surface area contributed by atoms with E-state index in [1.807, 2.05) is 12.4 Å². The van der Waals surface area contributed by atoms with E-state index in [1.165, 1.54) is 22.1 Å². The molecule has 2 aromatic heterocycles. The molecule has 5 aromatic carbocycles. The molecule has 0 spiro atoms. The molecule has 4 heterocycles. The third-order valence-corrected chi connectivity index (χ3v) is 9.09. The molecule has 0 fully saturated rings. The minimum Gasteiger partial charge on any atom is -0.352 e. The van der Waals surface area contributed by atoms with Gasteiger partial charge in [0, 0.05) is 34.0 Å². The molecule has 0 amide bonds. The van der Waals surface area contributed by atoms with E-state index in [4.69, 9.17) is 0 Å². The Morgan fingerprint density at radius 3 is 2.07 bits per heavy atom. The molecule has 2 aliphatic rings. The summed E-state index contributed by atoms with van der Waals surface area (Å²) >= 11 is 0. The smallest absolute Gasteiger partial charge is 0.110 e. The SMILES string of the molecule is C1=C(n2c3c(c4ccccc42)-c2ccncc2N(c2ccccc2)c2ccccc2-3)NC(c2ccccc2)NC1c1ccccc1. The second kappa shape index (κ2) is 10.9. The van der Waals surface area contributed by atoms with Crippen molar-refractivity contribution in [2.45, 2.75) is 12.2 Å². The molecular weight excluding hydrogens is 562 g/mol. The highest BCUT2D eigenvalue weighted by Gasteiger charge is 2.33. The Kier molecular flexibility index (Phi) is 6.28. The standard InChI is InChI=1S/C41H31N5/c1-4-14-28(15-5-1)34-26-38(44-41(43-34)29-16-6-2-7-17-29)46-35-22-12-10-20-31(35)39-32-24-25-42-27-37(32)45(30-18-8-3-9-19-30)36-23-13-11-21-33(36)40(39)46/h1-27,34,41,43-44H. The molecule has 0 saturated carbocycles. The summed E-state index contributed by atoms with van der Waals surface area (Å²) in [4.78, 5) is 6.99. The van der Waals surface area contributed by atoms with Crippen LogP contribution >= 0.6 is 0 Å². The van der Waals surface area contributed by atoms with Crippen LogP contribution in [0.25, 0.3) is 39.1 Å². The monoisotopic (exact) mass is 593 g/mol. The lowest BCUT2D eigenvalue weighted by molar-refractivity contribution is 0.434. The second-order valence-electron chi connectivity index (χ2n) is 11.8. The second-order valence-corrected chi connectivity index (χ2v) is 11.8. The Labute approximate surface area is 268 Å². The van der Waals surface area contributed by atoms with E-state index in [1.54, 1.807) is 0 Å². The van der Waals surface area contributed by atoms with Crippen LogP contribution < -0.4 is 15.5 Å². The molecule has 5 heteroatoms. The van der Waals surface area contributed by atoms with Gasteiger partial charge in [-0.3, -0.25) is 14.9 Å². The van der Waals surface area contributed by atoms with Crippen LogP contribution in [0.4, 0.5) is 17.1 Å². The van der Waals surface area contributed by atoms with E-state index in [2.05, 4.69) is 177 Å². The summed E-state index contributed by atoms with van der Waals surface area (Å²) in [6.45, 7) is 0. The number of hydrogen-bond acceptors (Lipinski definition) is 4. The zero-order chi connectivity index (χ0) is 30.5. The molecule has 9 rings (SSSR count). The van der Waals surface area contributed by atoms with Gasteiger partial charge in [0.1, 0.15) is 12.0 Å². The van der Waals surface area contributed by atoms with Crippen LogP contribution in [0.3, 0.4) is 0 Å². The zero-order valence-corrected chi connectivity index (χ0v) is 25.1. The molecular formula is C41H31N5. The lowest BCUT2D eigenvalue weighted by Gasteiger charge is -2.34. The Morgan fingerprint density at radius 1 is 0.587 bits per heavy atom. The number of fused-ring (bicyclic) bond motifs is 7. The number of anilines is 3. The van der Waals surface area contributed by atoms with Crippen LogP contribution in [0.5, 0.6) is 0 Å². The number of nitrogens with zero attached hydrogens (tertiary/aromatic N) is 3. The quantitative estimate of drug-likeness (QED) is 0.213. The van der Waals surface area contributed by atoms with Crippen molar-refractivity contribution >= 4 is 33.8 Å². The van der Waals surface area contributed by atoms with Gasteiger partial charge in [0.2, 0.25) is 0 Å². The third kappa shape index (κ3) is 4.25. The van der Waals surface area contributed by atoms with Gasteiger partial charge in [-0.15, -0.1) is 0 Å². The van der Waals surface area contributed by atoms with Crippen LogP contribution in [0.15, 0.2) is 164 Å². The fourth-order valence-electron chi connectivity index (χ4n) is 7.09. The lowest BCUT2D eigenvalue weighted by Crippen LogP contribution is -2.41. The maximum absolute atomic E-state index is 4.64. The minimum atomic E-state index is -0.0958. The van der Waals surface area contributed by atoms with Crippen molar-refractivity contribution < 1.29 is 0 Å². The maximum Gasteiger partial charge on any atom is 0.110 e. The van der Waals surface area contributed by atoms with E-state index < -0.39 is 0 Å². The molecule has 2 unspecified atom stereocenters. The molecule has 2 N–H and O–H groups in total. The van der Waals surface area contributed by atoms with Gasteiger partial charge >= 0.3 is 0 Å². The van der Waals surface area contributed by atoms with Gasteiger partial charge < -0.3 is 10.2 Å². The van der Waals surface area contributed by atoms with E-state index >= 15 is 0 Å². The summed E-state index contributed by atoms with van der Waals surface area (Å²) in [6.07, 6.45) is 6.14. The molecule has 0 radical (unpaired) electrons. The van der Waals surface area contributed by atoms with Crippen molar-refractivity contribution in [3.05, 3.63) is 175 Å². The molecule has 0 aliphatic carbocycles. The highest BCUT2D eigenvalue weighted by molar-refractivity contribution is 6.13. The molecule has 220 valence electrons. The van der Waals surface area contributed by atoms with Crippen LogP contribution in [-0.4, -0.2) is 9.55 Å². The van der Waals surface area contributed by atoms with Crippen molar-refractivity contribution in [1.82, 2.24) is 20.2 Å². The average Bonchev–Trinajstić information content (AvgIpc) is 3.42. The van der Waals surface area contributed by atoms with E-state index in [-0.39, 0.29) is 12.2 Å². The van der Waals surface area contributed by atoms with Gasteiger partial charge in [-0.2, -0.15) is 0 Å².